The number of thioether (sulfide) groups is 1. The van der Waals surface area contributed by atoms with Crippen molar-refractivity contribution in [2.24, 2.45) is 0 Å². The van der Waals surface area contributed by atoms with Crippen LogP contribution < -0.4 is 0 Å². The molecule has 1 heterocycles. The minimum Gasteiger partial charge on any atom is -0.507 e. The van der Waals surface area contributed by atoms with Gasteiger partial charge in [0, 0.05) is 4.90 Å². The molecule has 1 aliphatic heterocycles. The second-order valence-corrected chi connectivity index (χ2v) is 5.71. The number of phenols is 1. The first-order valence-electron chi connectivity index (χ1n) is 6.49. The zero-order valence-corrected chi connectivity index (χ0v) is 11.1. The second kappa shape index (κ2) is 6.92. The van der Waals surface area contributed by atoms with Gasteiger partial charge in [0.05, 0.1) is 0 Å². The van der Waals surface area contributed by atoms with Gasteiger partial charge in [-0.05, 0) is 56.8 Å². The number of para-hydroxylation sites is 1. The molecule has 1 saturated heterocycles. The smallest absolute Gasteiger partial charge is 0.129 e. The molecule has 2 rings (SSSR count). The summed E-state index contributed by atoms with van der Waals surface area (Å²) in [6.45, 7) is 3.77. The molecular weight excluding hydrogens is 230 g/mol. The molecule has 3 heteroatoms. The van der Waals surface area contributed by atoms with Crippen LogP contribution in [0.5, 0.6) is 5.75 Å². The van der Waals surface area contributed by atoms with Gasteiger partial charge in [0.15, 0.2) is 0 Å². The first-order chi connectivity index (χ1) is 8.36. The summed E-state index contributed by atoms with van der Waals surface area (Å²) in [5.74, 6) is 1.50. The molecule has 0 bridgehead atoms. The molecule has 1 aromatic rings. The minimum absolute atomic E-state index is 0.412. The summed E-state index contributed by atoms with van der Waals surface area (Å²) in [4.78, 5) is 3.57. The van der Waals surface area contributed by atoms with Gasteiger partial charge in [0.25, 0.3) is 0 Å². The number of piperidine rings is 1. The van der Waals surface area contributed by atoms with E-state index in [9.17, 15) is 5.11 Å². The summed E-state index contributed by atoms with van der Waals surface area (Å²) in [6, 6.07) is 7.59. The molecule has 0 spiro atoms. The number of hydrogen-bond acceptors (Lipinski definition) is 3. The van der Waals surface area contributed by atoms with Crippen molar-refractivity contribution < 1.29 is 5.11 Å². The van der Waals surface area contributed by atoms with Gasteiger partial charge in [-0.2, -0.15) is 0 Å². The Balaban J connectivity index is 1.64. The molecule has 0 saturated carbocycles. The molecule has 2 nitrogen and oxygen atoms in total. The van der Waals surface area contributed by atoms with Crippen molar-refractivity contribution in [3.63, 3.8) is 0 Å². The number of phenolic OH excluding ortho intramolecular Hbond substituents is 1. The molecule has 0 atom stereocenters. The Kier molecular flexibility index (Phi) is 5.20. The lowest BCUT2D eigenvalue weighted by Crippen LogP contribution is -2.30. The maximum Gasteiger partial charge on any atom is 0.129 e. The molecule has 94 valence electrons. The van der Waals surface area contributed by atoms with Crippen LogP contribution in [-0.4, -0.2) is 35.4 Å². The van der Waals surface area contributed by atoms with E-state index in [1.165, 1.54) is 45.3 Å². The second-order valence-electron chi connectivity index (χ2n) is 4.57. The van der Waals surface area contributed by atoms with E-state index in [-0.39, 0.29) is 0 Å². The predicted molar refractivity (Wildman–Crippen MR) is 73.7 cm³/mol. The summed E-state index contributed by atoms with van der Waals surface area (Å²) < 4.78 is 0. The van der Waals surface area contributed by atoms with Crippen molar-refractivity contribution in [1.82, 2.24) is 4.90 Å². The van der Waals surface area contributed by atoms with Crippen LogP contribution in [0.15, 0.2) is 29.2 Å². The number of aromatic hydroxyl groups is 1. The summed E-state index contributed by atoms with van der Waals surface area (Å²) >= 11 is 1.76. The average Bonchev–Trinajstić information content (AvgIpc) is 2.38. The Morgan fingerprint density at radius 1 is 1.12 bits per heavy atom. The highest BCUT2D eigenvalue weighted by Crippen LogP contribution is 2.28. The Bertz CT molecular complexity index is 337. The third-order valence-corrected chi connectivity index (χ3v) is 4.34. The molecule has 1 aromatic carbocycles. The highest BCUT2D eigenvalue weighted by atomic mass is 32.2. The van der Waals surface area contributed by atoms with E-state index in [1.807, 2.05) is 18.2 Å². The minimum atomic E-state index is 0.412. The third kappa shape index (κ3) is 4.25. The molecule has 0 amide bonds. The van der Waals surface area contributed by atoms with E-state index >= 15 is 0 Å². The molecule has 0 aliphatic carbocycles. The Hall–Kier alpha value is -0.670. The fourth-order valence-corrected chi connectivity index (χ4v) is 3.12. The van der Waals surface area contributed by atoms with Crippen molar-refractivity contribution in [1.29, 1.82) is 0 Å². The van der Waals surface area contributed by atoms with Crippen LogP contribution in [0.4, 0.5) is 0 Å². The molecule has 0 unspecified atom stereocenters. The largest absolute Gasteiger partial charge is 0.507 e. The molecule has 1 N–H and O–H groups in total. The van der Waals surface area contributed by atoms with E-state index in [0.29, 0.717) is 5.75 Å². The van der Waals surface area contributed by atoms with Crippen molar-refractivity contribution in [3.8, 4) is 5.75 Å². The number of rotatable bonds is 5. The van der Waals surface area contributed by atoms with E-state index in [0.717, 1.165) is 10.6 Å². The first kappa shape index (κ1) is 12.8. The normalized spacial score (nSPS) is 17.2. The Morgan fingerprint density at radius 2 is 1.88 bits per heavy atom. The highest BCUT2D eigenvalue weighted by molar-refractivity contribution is 7.99. The molecule has 1 fully saturated rings. The summed E-state index contributed by atoms with van der Waals surface area (Å²) in [5, 5.41) is 9.63. The van der Waals surface area contributed by atoms with Crippen LogP contribution in [-0.2, 0) is 0 Å². The standard InChI is InChI=1S/C14H21NOS/c16-13-7-2-3-8-14(13)17-12-6-11-15-9-4-1-5-10-15/h2-3,7-8,16H,1,4-6,9-12H2. The Morgan fingerprint density at radius 3 is 2.65 bits per heavy atom. The quantitative estimate of drug-likeness (QED) is 0.641. The van der Waals surface area contributed by atoms with E-state index in [1.54, 1.807) is 17.8 Å². The van der Waals surface area contributed by atoms with Gasteiger partial charge in [-0.25, -0.2) is 0 Å². The zero-order chi connectivity index (χ0) is 11.9. The third-order valence-electron chi connectivity index (χ3n) is 3.19. The van der Waals surface area contributed by atoms with Gasteiger partial charge in [-0.1, -0.05) is 18.6 Å². The molecule has 1 aliphatic rings. The number of hydrogen-bond donors (Lipinski definition) is 1. The average molecular weight is 251 g/mol. The van der Waals surface area contributed by atoms with Gasteiger partial charge >= 0.3 is 0 Å². The van der Waals surface area contributed by atoms with Crippen molar-refractivity contribution in [2.75, 3.05) is 25.4 Å². The maximum absolute atomic E-state index is 9.63. The summed E-state index contributed by atoms with van der Waals surface area (Å²) in [6.07, 6.45) is 5.35. The predicted octanol–water partition coefficient (Wildman–Crippen LogP) is 3.36. The van der Waals surface area contributed by atoms with E-state index < -0.39 is 0 Å². The van der Waals surface area contributed by atoms with Crippen LogP contribution in [0.25, 0.3) is 0 Å². The van der Waals surface area contributed by atoms with Gasteiger partial charge < -0.3 is 10.0 Å². The fourth-order valence-electron chi connectivity index (χ4n) is 2.23. The lowest BCUT2D eigenvalue weighted by molar-refractivity contribution is 0.230. The molecule has 0 radical (unpaired) electrons. The molecular formula is C14H21NOS. The van der Waals surface area contributed by atoms with Crippen molar-refractivity contribution >= 4 is 11.8 Å². The zero-order valence-electron chi connectivity index (χ0n) is 10.3. The number of likely N-dealkylation sites (tertiary alicyclic amines) is 1. The van der Waals surface area contributed by atoms with Crippen LogP contribution in [0.2, 0.25) is 0 Å². The summed E-state index contributed by atoms with van der Waals surface area (Å²) in [5.41, 5.74) is 0. The van der Waals surface area contributed by atoms with Gasteiger partial charge in [-0.3, -0.25) is 0 Å². The highest BCUT2D eigenvalue weighted by Gasteiger charge is 2.09. The van der Waals surface area contributed by atoms with Crippen LogP contribution in [0, 0.1) is 0 Å². The lowest BCUT2D eigenvalue weighted by Gasteiger charge is -2.26. The van der Waals surface area contributed by atoms with Crippen molar-refractivity contribution in [3.05, 3.63) is 24.3 Å². The number of benzene rings is 1. The Labute approximate surface area is 108 Å². The van der Waals surface area contributed by atoms with E-state index in [4.69, 9.17) is 0 Å². The first-order valence-corrected chi connectivity index (χ1v) is 7.48. The topological polar surface area (TPSA) is 23.5 Å². The fraction of sp³-hybridized carbons (Fsp3) is 0.571. The van der Waals surface area contributed by atoms with Gasteiger partial charge in [0.2, 0.25) is 0 Å². The van der Waals surface area contributed by atoms with Crippen LogP contribution in [0.3, 0.4) is 0 Å². The van der Waals surface area contributed by atoms with Crippen molar-refractivity contribution in [2.45, 2.75) is 30.6 Å². The molecule has 0 aromatic heterocycles. The SMILES string of the molecule is Oc1ccccc1SCCCN1CCCCC1. The monoisotopic (exact) mass is 251 g/mol. The van der Waals surface area contributed by atoms with Gasteiger partial charge in [0.1, 0.15) is 5.75 Å². The van der Waals surface area contributed by atoms with Crippen LogP contribution >= 0.6 is 11.8 Å². The summed E-state index contributed by atoms with van der Waals surface area (Å²) in [7, 11) is 0. The molecule has 17 heavy (non-hydrogen) atoms. The van der Waals surface area contributed by atoms with E-state index in [2.05, 4.69) is 4.90 Å². The lowest BCUT2D eigenvalue weighted by atomic mass is 10.1. The number of nitrogens with zero attached hydrogens (tertiary/aromatic N) is 1. The van der Waals surface area contributed by atoms with Gasteiger partial charge in [-0.15, -0.1) is 11.8 Å². The van der Waals surface area contributed by atoms with Crippen LogP contribution in [0.1, 0.15) is 25.7 Å². The maximum atomic E-state index is 9.63.